The van der Waals surface area contributed by atoms with Gasteiger partial charge in [-0.05, 0) is 31.2 Å². The topological polar surface area (TPSA) is 91.8 Å². The lowest BCUT2D eigenvalue weighted by atomic mass is 9.94. The van der Waals surface area contributed by atoms with E-state index in [0.717, 1.165) is 10.6 Å². The average Bonchev–Trinajstić information content (AvgIpc) is 2.59. The molecule has 0 spiro atoms. The molecule has 1 saturated heterocycles. The van der Waals surface area contributed by atoms with E-state index in [-0.39, 0.29) is 16.3 Å². The third kappa shape index (κ3) is 4.01. The molecule has 0 aromatic heterocycles. The van der Waals surface area contributed by atoms with Crippen molar-refractivity contribution in [3.05, 3.63) is 29.8 Å². The summed E-state index contributed by atoms with van der Waals surface area (Å²) >= 11 is 0. The molecule has 7 nitrogen and oxygen atoms in total. The van der Waals surface area contributed by atoms with Crippen molar-refractivity contribution in [1.29, 1.82) is 0 Å². The Morgan fingerprint density at radius 1 is 1.20 bits per heavy atom. The minimum Gasteiger partial charge on any atom is -0.481 e. The Morgan fingerprint density at radius 2 is 1.72 bits per heavy atom. The second-order valence-electron chi connectivity index (χ2n) is 6.60. The molecule has 8 heteroatoms. The second-order valence-corrected chi connectivity index (χ2v) is 8.62. The van der Waals surface area contributed by atoms with Gasteiger partial charge in [0.1, 0.15) is 0 Å². The van der Waals surface area contributed by atoms with Gasteiger partial charge in [0.05, 0.1) is 43.1 Å². The number of sulfonamides is 1. The molecule has 0 saturated carbocycles. The number of benzene rings is 1. The number of carbonyl (C=O) groups excluding carboxylic acids is 1. The molecular weight excluding hydrogens is 344 g/mol. The molecule has 1 aliphatic heterocycles. The molecule has 2 rings (SSSR count). The zero-order valence-corrected chi connectivity index (χ0v) is 15.6. The van der Waals surface area contributed by atoms with E-state index < -0.39 is 16.0 Å². The van der Waals surface area contributed by atoms with Crippen LogP contribution in [0.2, 0.25) is 0 Å². The van der Waals surface area contributed by atoms with Crippen LogP contribution in [0, 0.1) is 5.92 Å². The van der Waals surface area contributed by atoms with Crippen LogP contribution in [0.4, 0.5) is 5.69 Å². The number of rotatable bonds is 5. The third-order valence-electron chi connectivity index (χ3n) is 5.17. The molecule has 0 unspecified atom stereocenters. The highest BCUT2D eigenvalue weighted by Gasteiger charge is 2.41. The number of hydrogen-bond donors (Lipinski definition) is 1. The summed E-state index contributed by atoms with van der Waals surface area (Å²) in [6.07, 6.45) is 2.10. The summed E-state index contributed by atoms with van der Waals surface area (Å²) in [6.45, 7) is 3.57. The SMILES string of the molecule is CC[N+]1(C(=O)c2ccc(N(C)S(C)(=O)=O)cc2)CCC(C(=O)O)CC1. The zero-order chi connectivity index (χ0) is 18.8. The van der Waals surface area contributed by atoms with Crippen molar-refractivity contribution < 1.29 is 27.6 Å². The van der Waals surface area contributed by atoms with E-state index in [4.69, 9.17) is 5.11 Å². The van der Waals surface area contributed by atoms with Crippen molar-refractivity contribution in [2.45, 2.75) is 19.8 Å². The van der Waals surface area contributed by atoms with E-state index in [9.17, 15) is 18.0 Å². The maximum Gasteiger partial charge on any atom is 0.345 e. The standard InChI is InChI=1S/C17H24N2O5S/c1-4-19(11-9-14(10-12-19)17(21)22)16(20)13-5-7-15(8-6-13)18(2)25(3,23)24/h5-8,14H,4,9-12H2,1-3H3/p+1. The van der Waals surface area contributed by atoms with Gasteiger partial charge in [0.25, 0.3) is 0 Å². The van der Waals surface area contributed by atoms with Crippen LogP contribution in [0.15, 0.2) is 24.3 Å². The van der Waals surface area contributed by atoms with Gasteiger partial charge in [-0.25, -0.2) is 13.2 Å². The molecule has 1 amide bonds. The van der Waals surface area contributed by atoms with Gasteiger partial charge < -0.3 is 5.11 Å². The van der Waals surface area contributed by atoms with Crippen LogP contribution >= 0.6 is 0 Å². The van der Waals surface area contributed by atoms with Crippen molar-refractivity contribution in [2.75, 3.05) is 37.2 Å². The zero-order valence-electron chi connectivity index (χ0n) is 14.8. The lowest BCUT2D eigenvalue weighted by molar-refractivity contribution is -0.853. The van der Waals surface area contributed by atoms with Crippen molar-refractivity contribution in [3.8, 4) is 0 Å². The Morgan fingerprint density at radius 3 is 2.12 bits per heavy atom. The van der Waals surface area contributed by atoms with E-state index >= 15 is 0 Å². The number of nitrogens with zero attached hydrogens (tertiary/aromatic N) is 2. The normalized spacial score (nSPS) is 23.9. The van der Waals surface area contributed by atoms with Gasteiger partial charge in [-0.2, -0.15) is 0 Å². The summed E-state index contributed by atoms with van der Waals surface area (Å²) in [6, 6.07) is 6.51. The number of carboxylic acids is 1. The maximum absolute atomic E-state index is 13.0. The van der Waals surface area contributed by atoms with Gasteiger partial charge in [0, 0.05) is 19.9 Å². The quantitative estimate of drug-likeness (QED) is 0.795. The van der Waals surface area contributed by atoms with Crippen LogP contribution in [0.1, 0.15) is 30.1 Å². The molecule has 0 atom stereocenters. The summed E-state index contributed by atoms with van der Waals surface area (Å²) < 4.78 is 24.6. The number of amides is 1. The van der Waals surface area contributed by atoms with Crippen LogP contribution < -0.4 is 4.31 Å². The number of likely N-dealkylation sites (tertiary alicyclic amines) is 1. The van der Waals surface area contributed by atoms with Crippen LogP contribution in [0.5, 0.6) is 0 Å². The number of carboxylic acid groups (broad SMARTS) is 1. The van der Waals surface area contributed by atoms with Crippen molar-refractivity contribution in [3.63, 3.8) is 0 Å². The second kappa shape index (κ2) is 7.13. The summed E-state index contributed by atoms with van der Waals surface area (Å²) in [5.41, 5.74) is 1.01. The predicted molar refractivity (Wildman–Crippen MR) is 94.9 cm³/mol. The molecule has 0 bridgehead atoms. The Balaban J connectivity index is 2.20. The number of anilines is 1. The van der Waals surface area contributed by atoms with Gasteiger partial charge in [0.2, 0.25) is 10.0 Å². The molecule has 0 aliphatic carbocycles. The van der Waals surface area contributed by atoms with Gasteiger partial charge >= 0.3 is 11.9 Å². The Kier molecular flexibility index (Phi) is 5.53. The number of quaternary nitrogens is 1. The van der Waals surface area contributed by atoms with Crippen LogP contribution in [-0.4, -0.2) is 62.8 Å². The highest BCUT2D eigenvalue weighted by Crippen LogP contribution is 2.27. The summed E-state index contributed by atoms with van der Waals surface area (Å²) in [5, 5.41) is 9.14. The molecule has 138 valence electrons. The van der Waals surface area contributed by atoms with E-state index in [0.29, 0.717) is 43.7 Å². The molecule has 1 N–H and O–H groups in total. The largest absolute Gasteiger partial charge is 0.481 e. The highest BCUT2D eigenvalue weighted by atomic mass is 32.2. The predicted octanol–water partition coefficient (Wildman–Crippen LogP) is 1.55. The Hall–Kier alpha value is -1.93. The maximum atomic E-state index is 13.0. The smallest absolute Gasteiger partial charge is 0.345 e. The first-order chi connectivity index (χ1) is 11.6. The van der Waals surface area contributed by atoms with Gasteiger partial charge in [-0.1, -0.05) is 0 Å². The Bertz CT molecular complexity index is 750. The van der Waals surface area contributed by atoms with Crippen LogP contribution in [-0.2, 0) is 14.8 Å². The lowest BCUT2D eigenvalue weighted by Crippen LogP contribution is -2.57. The fraction of sp³-hybridized carbons (Fsp3) is 0.529. The molecule has 1 heterocycles. The number of aliphatic carboxylic acids is 1. The van der Waals surface area contributed by atoms with Crippen LogP contribution in [0.25, 0.3) is 0 Å². The first-order valence-electron chi connectivity index (χ1n) is 8.28. The Labute approximate surface area is 148 Å². The molecule has 1 aliphatic rings. The van der Waals surface area contributed by atoms with Crippen LogP contribution in [0.3, 0.4) is 0 Å². The molecule has 1 aromatic rings. The van der Waals surface area contributed by atoms with E-state index in [1.165, 1.54) is 7.05 Å². The summed E-state index contributed by atoms with van der Waals surface area (Å²) in [7, 11) is -1.89. The van der Waals surface area contributed by atoms with E-state index in [2.05, 4.69) is 0 Å². The average molecular weight is 369 g/mol. The first-order valence-corrected chi connectivity index (χ1v) is 10.1. The summed E-state index contributed by atoms with van der Waals surface area (Å²) in [5.74, 6) is -1.22. The highest BCUT2D eigenvalue weighted by molar-refractivity contribution is 7.92. The summed E-state index contributed by atoms with van der Waals surface area (Å²) in [4.78, 5) is 24.1. The van der Waals surface area contributed by atoms with Gasteiger partial charge in [-0.15, -0.1) is 0 Å². The van der Waals surface area contributed by atoms with E-state index in [1.807, 2.05) is 6.92 Å². The molecule has 1 fully saturated rings. The van der Waals surface area contributed by atoms with E-state index in [1.54, 1.807) is 24.3 Å². The van der Waals surface area contributed by atoms with Gasteiger partial charge in [0.15, 0.2) is 0 Å². The molecule has 0 radical (unpaired) electrons. The molecule has 25 heavy (non-hydrogen) atoms. The molecule has 1 aromatic carbocycles. The minimum absolute atomic E-state index is 0.0418. The minimum atomic E-state index is -3.35. The van der Waals surface area contributed by atoms with Gasteiger partial charge in [-0.3, -0.25) is 13.6 Å². The fourth-order valence-electron chi connectivity index (χ4n) is 3.25. The fourth-order valence-corrected chi connectivity index (χ4v) is 3.76. The van der Waals surface area contributed by atoms with Crippen molar-refractivity contribution in [2.24, 2.45) is 5.92 Å². The monoisotopic (exact) mass is 369 g/mol. The first kappa shape index (κ1) is 19.4. The number of carbonyl (C=O) groups is 2. The van der Waals surface area contributed by atoms with Crippen molar-refractivity contribution in [1.82, 2.24) is 0 Å². The number of hydrogen-bond acceptors (Lipinski definition) is 4. The van der Waals surface area contributed by atoms with Crippen molar-refractivity contribution >= 4 is 27.6 Å². The lowest BCUT2D eigenvalue weighted by Gasteiger charge is -2.39. The third-order valence-corrected chi connectivity index (χ3v) is 6.38. The number of piperidine rings is 1. The molecular formula is C17H25N2O5S+.